The maximum absolute atomic E-state index is 13.3. The summed E-state index contributed by atoms with van der Waals surface area (Å²) in [7, 11) is 1.51. The predicted octanol–water partition coefficient (Wildman–Crippen LogP) is 5.99. The van der Waals surface area contributed by atoms with Gasteiger partial charge in [-0.25, -0.2) is 0 Å². The molecule has 0 spiro atoms. The van der Waals surface area contributed by atoms with Crippen molar-refractivity contribution in [2.75, 3.05) is 25.2 Å². The van der Waals surface area contributed by atoms with Gasteiger partial charge in [0.2, 0.25) is 0 Å². The molecule has 0 saturated heterocycles. The molecular formula is C23H21Cl2NO4S. The highest BCUT2D eigenvalue weighted by molar-refractivity contribution is 8.12. The third-order valence-electron chi connectivity index (χ3n) is 4.76. The van der Waals surface area contributed by atoms with Crippen LogP contribution in [0.15, 0.2) is 53.5 Å². The Bertz CT molecular complexity index is 1070. The zero-order valence-electron chi connectivity index (χ0n) is 17.1. The third-order valence-corrected chi connectivity index (χ3v) is 6.50. The Labute approximate surface area is 195 Å². The number of rotatable bonds is 8. The number of carbonyl (C=O) groups is 2. The molecule has 2 aromatic rings. The van der Waals surface area contributed by atoms with Crippen molar-refractivity contribution in [3.05, 3.63) is 69.1 Å². The fraction of sp³-hybridized carbons (Fsp3) is 0.217. The van der Waals surface area contributed by atoms with E-state index in [2.05, 4.69) is 6.58 Å². The van der Waals surface area contributed by atoms with Crippen LogP contribution in [0.5, 0.6) is 11.5 Å². The topological polar surface area (TPSA) is 55.8 Å². The summed E-state index contributed by atoms with van der Waals surface area (Å²) in [6, 6.07) is 10.4. The second-order valence-electron chi connectivity index (χ2n) is 6.78. The van der Waals surface area contributed by atoms with Gasteiger partial charge in [0, 0.05) is 33.8 Å². The minimum absolute atomic E-state index is 0.0730. The van der Waals surface area contributed by atoms with Gasteiger partial charge in [-0.3, -0.25) is 9.59 Å². The summed E-state index contributed by atoms with van der Waals surface area (Å²) >= 11 is 13.6. The van der Waals surface area contributed by atoms with Crippen molar-refractivity contribution >= 4 is 57.7 Å². The van der Waals surface area contributed by atoms with Crippen LogP contribution >= 0.6 is 35.0 Å². The monoisotopic (exact) mass is 477 g/mol. The summed E-state index contributed by atoms with van der Waals surface area (Å²) in [5.41, 5.74) is 2.41. The lowest BCUT2D eigenvalue weighted by molar-refractivity contribution is -0.114. The zero-order valence-corrected chi connectivity index (χ0v) is 19.4. The fourth-order valence-electron chi connectivity index (χ4n) is 3.14. The van der Waals surface area contributed by atoms with Crippen LogP contribution in [0, 0.1) is 0 Å². The standard InChI is InChI=1S/C23H21Cl2NO4S/c1-14-8-9-26(17-5-7-20(30-11-10-27)21(13-17)29-3)23(28)22(14)31-15(2)18-6-4-16(24)12-19(18)25/h4-7,10,12-13H,2,8-9,11H2,1,3H3. The predicted molar refractivity (Wildman–Crippen MR) is 127 cm³/mol. The van der Waals surface area contributed by atoms with Gasteiger partial charge in [0.15, 0.2) is 17.8 Å². The van der Waals surface area contributed by atoms with Crippen molar-refractivity contribution in [3.63, 3.8) is 0 Å². The normalized spacial score (nSPS) is 13.9. The van der Waals surface area contributed by atoms with Crippen molar-refractivity contribution in [2.24, 2.45) is 0 Å². The number of ether oxygens (including phenoxy) is 2. The lowest BCUT2D eigenvalue weighted by atomic mass is 10.1. The largest absolute Gasteiger partial charge is 0.493 e. The van der Waals surface area contributed by atoms with E-state index in [-0.39, 0.29) is 12.5 Å². The Morgan fingerprint density at radius 1 is 1.23 bits per heavy atom. The summed E-state index contributed by atoms with van der Waals surface area (Å²) < 4.78 is 10.7. The van der Waals surface area contributed by atoms with Crippen LogP contribution in [0.3, 0.4) is 0 Å². The van der Waals surface area contributed by atoms with E-state index in [4.69, 9.17) is 32.7 Å². The zero-order chi connectivity index (χ0) is 22.5. The summed E-state index contributed by atoms with van der Waals surface area (Å²) in [5.74, 6) is 0.767. The second kappa shape index (κ2) is 10.3. The molecule has 1 aliphatic heterocycles. The van der Waals surface area contributed by atoms with Gasteiger partial charge in [-0.1, -0.05) is 53.2 Å². The van der Waals surface area contributed by atoms with Crippen LogP contribution in [0.25, 0.3) is 4.91 Å². The minimum atomic E-state index is -0.122. The number of halogens is 2. The molecule has 0 radical (unpaired) electrons. The number of anilines is 1. The first-order valence-corrected chi connectivity index (χ1v) is 11.0. The van der Waals surface area contributed by atoms with Crippen LogP contribution in [-0.4, -0.2) is 32.5 Å². The maximum Gasteiger partial charge on any atom is 0.264 e. The van der Waals surface area contributed by atoms with E-state index in [9.17, 15) is 9.59 Å². The van der Waals surface area contributed by atoms with Crippen molar-refractivity contribution < 1.29 is 19.1 Å². The molecule has 1 aliphatic rings. The van der Waals surface area contributed by atoms with E-state index < -0.39 is 0 Å². The van der Waals surface area contributed by atoms with Crippen LogP contribution in [0.1, 0.15) is 18.9 Å². The molecule has 3 rings (SSSR count). The Balaban J connectivity index is 1.84. The van der Waals surface area contributed by atoms with Crippen molar-refractivity contribution in [3.8, 4) is 11.5 Å². The van der Waals surface area contributed by atoms with Gasteiger partial charge in [-0.15, -0.1) is 0 Å². The molecule has 2 aromatic carbocycles. The third kappa shape index (κ3) is 5.26. The number of carbonyl (C=O) groups excluding carboxylic acids is 2. The van der Waals surface area contributed by atoms with Crippen LogP contribution in [-0.2, 0) is 9.59 Å². The maximum atomic E-state index is 13.3. The molecule has 0 aromatic heterocycles. The number of hydrogen-bond donors (Lipinski definition) is 0. The molecule has 1 heterocycles. The second-order valence-corrected chi connectivity index (χ2v) is 8.73. The summed E-state index contributed by atoms with van der Waals surface area (Å²) in [6.07, 6.45) is 1.39. The molecular weight excluding hydrogens is 457 g/mol. The Kier molecular flexibility index (Phi) is 7.70. The molecule has 0 aliphatic carbocycles. The number of nitrogens with zero attached hydrogens (tertiary/aromatic N) is 1. The number of hydrogen-bond acceptors (Lipinski definition) is 5. The highest BCUT2D eigenvalue weighted by Gasteiger charge is 2.28. The van der Waals surface area contributed by atoms with E-state index in [1.54, 1.807) is 41.3 Å². The molecule has 0 saturated carbocycles. The molecule has 1 amide bonds. The summed E-state index contributed by atoms with van der Waals surface area (Å²) in [6.45, 7) is 6.53. The van der Waals surface area contributed by atoms with Crippen LogP contribution < -0.4 is 14.4 Å². The first-order chi connectivity index (χ1) is 14.8. The van der Waals surface area contributed by atoms with Gasteiger partial charge in [0.1, 0.15) is 6.61 Å². The number of benzene rings is 2. The number of methoxy groups -OCH3 is 1. The Morgan fingerprint density at radius 3 is 2.68 bits per heavy atom. The van der Waals surface area contributed by atoms with Gasteiger partial charge in [-0.05, 0) is 37.6 Å². The van der Waals surface area contributed by atoms with Gasteiger partial charge in [0.25, 0.3) is 5.91 Å². The highest BCUT2D eigenvalue weighted by Crippen LogP contribution is 2.42. The first-order valence-electron chi connectivity index (χ1n) is 9.44. The SMILES string of the molecule is C=C(SC1=C(C)CCN(c2ccc(OCC=O)c(OC)c2)C1=O)c1ccc(Cl)cc1Cl. The Morgan fingerprint density at radius 2 is 2.00 bits per heavy atom. The molecule has 5 nitrogen and oxygen atoms in total. The van der Waals surface area contributed by atoms with Gasteiger partial charge < -0.3 is 14.4 Å². The van der Waals surface area contributed by atoms with Gasteiger partial charge in [0.05, 0.1) is 17.0 Å². The lowest BCUT2D eigenvalue weighted by Crippen LogP contribution is -2.36. The molecule has 0 fully saturated rings. The van der Waals surface area contributed by atoms with E-state index >= 15 is 0 Å². The average molecular weight is 478 g/mol. The lowest BCUT2D eigenvalue weighted by Gasteiger charge is -2.30. The molecule has 0 bridgehead atoms. The van der Waals surface area contributed by atoms with Crippen molar-refractivity contribution in [1.29, 1.82) is 0 Å². The molecule has 0 N–H and O–H groups in total. The van der Waals surface area contributed by atoms with Crippen LogP contribution in [0.2, 0.25) is 10.0 Å². The highest BCUT2D eigenvalue weighted by atomic mass is 35.5. The van der Waals surface area contributed by atoms with Crippen molar-refractivity contribution in [2.45, 2.75) is 13.3 Å². The van der Waals surface area contributed by atoms with E-state index in [0.717, 1.165) is 17.6 Å². The van der Waals surface area contributed by atoms with E-state index in [1.807, 2.05) is 6.92 Å². The van der Waals surface area contributed by atoms with Crippen molar-refractivity contribution in [1.82, 2.24) is 0 Å². The molecule has 0 atom stereocenters. The quantitative estimate of drug-likeness (QED) is 0.436. The molecule has 8 heteroatoms. The number of aldehydes is 1. The number of thioether (sulfide) groups is 1. The molecule has 162 valence electrons. The summed E-state index contributed by atoms with van der Waals surface area (Å²) in [4.78, 5) is 26.9. The molecule has 0 unspecified atom stereocenters. The smallest absolute Gasteiger partial charge is 0.264 e. The van der Waals surface area contributed by atoms with Crippen LogP contribution in [0.4, 0.5) is 5.69 Å². The molecule has 31 heavy (non-hydrogen) atoms. The number of amides is 1. The fourth-order valence-corrected chi connectivity index (χ4v) is 4.72. The van der Waals surface area contributed by atoms with Gasteiger partial charge >= 0.3 is 0 Å². The average Bonchev–Trinajstić information content (AvgIpc) is 2.75. The van der Waals surface area contributed by atoms with Gasteiger partial charge in [-0.2, -0.15) is 0 Å². The minimum Gasteiger partial charge on any atom is -0.493 e. The van der Waals surface area contributed by atoms with E-state index in [1.165, 1.54) is 18.9 Å². The van der Waals surface area contributed by atoms with E-state index in [0.29, 0.717) is 49.9 Å². The summed E-state index contributed by atoms with van der Waals surface area (Å²) in [5, 5.41) is 1.02. The Hall–Kier alpha value is -2.41. The first kappa shape index (κ1) is 23.3.